The number of nitrogens with zero attached hydrogens (tertiary/aromatic N) is 4. The normalized spacial score (nSPS) is 12.0. The van der Waals surface area contributed by atoms with Crippen molar-refractivity contribution in [1.82, 2.24) is 25.3 Å². The lowest BCUT2D eigenvalue weighted by atomic mass is 10.5. The predicted octanol–water partition coefficient (Wildman–Crippen LogP) is 0.638. The number of rotatable bonds is 9. The molecule has 11 heteroatoms. The zero-order valence-corrected chi connectivity index (χ0v) is 17.3. The number of hydrogen-bond donors (Lipinski definition) is 3. The van der Waals surface area contributed by atoms with E-state index in [0.717, 1.165) is 10.8 Å². The summed E-state index contributed by atoms with van der Waals surface area (Å²) in [6, 6.07) is 3.09. The molecule has 2 heterocycles. The van der Waals surface area contributed by atoms with Gasteiger partial charge in [0.05, 0.1) is 12.2 Å². The third kappa shape index (κ3) is 6.77. The molecule has 27 heavy (non-hydrogen) atoms. The fourth-order valence-electron chi connectivity index (χ4n) is 2.03. The number of aromatic nitrogens is 2. The minimum atomic E-state index is -3.56. The molecule has 148 valence electrons. The van der Waals surface area contributed by atoms with Crippen molar-refractivity contribution >= 4 is 32.5 Å². The van der Waals surface area contributed by atoms with E-state index in [1.807, 2.05) is 31.3 Å². The molecule has 0 bridgehead atoms. The van der Waals surface area contributed by atoms with Crippen LogP contribution in [0.2, 0.25) is 0 Å². The molecule has 0 saturated carbocycles. The Morgan fingerprint density at radius 1 is 1.30 bits per heavy atom. The summed E-state index contributed by atoms with van der Waals surface area (Å²) in [4.78, 5) is 14.9. The Labute approximate surface area is 164 Å². The van der Waals surface area contributed by atoms with Crippen molar-refractivity contribution in [3.63, 3.8) is 0 Å². The summed E-state index contributed by atoms with van der Waals surface area (Å²) in [5.41, 5.74) is 0.887. The summed E-state index contributed by atoms with van der Waals surface area (Å²) < 4.78 is 26.8. The first-order chi connectivity index (χ1) is 12.9. The summed E-state index contributed by atoms with van der Waals surface area (Å²) in [6.45, 7) is 3.73. The van der Waals surface area contributed by atoms with E-state index in [9.17, 15) is 8.42 Å². The van der Waals surface area contributed by atoms with Gasteiger partial charge in [-0.05, 0) is 19.1 Å². The second-order valence-electron chi connectivity index (χ2n) is 5.72. The Morgan fingerprint density at radius 3 is 2.74 bits per heavy atom. The van der Waals surface area contributed by atoms with Crippen LogP contribution >= 0.6 is 11.3 Å². The maximum absolute atomic E-state index is 12.1. The van der Waals surface area contributed by atoms with Crippen LogP contribution < -0.4 is 20.3 Å². The zero-order valence-electron chi connectivity index (χ0n) is 15.6. The van der Waals surface area contributed by atoms with E-state index in [1.54, 1.807) is 17.4 Å². The lowest BCUT2D eigenvalue weighted by molar-refractivity contribution is 0.580. The molecule has 3 N–H and O–H groups in total. The summed E-state index contributed by atoms with van der Waals surface area (Å²) >= 11 is 1.57. The average molecular weight is 412 g/mol. The lowest BCUT2D eigenvalue weighted by Gasteiger charge is -2.12. The van der Waals surface area contributed by atoms with E-state index < -0.39 is 10.0 Å². The first kappa shape index (κ1) is 21.1. The van der Waals surface area contributed by atoms with Crippen LogP contribution in [0.5, 0.6) is 0 Å². The van der Waals surface area contributed by atoms with Crippen molar-refractivity contribution in [3.05, 3.63) is 35.6 Å². The van der Waals surface area contributed by atoms with Crippen LogP contribution in [-0.2, 0) is 16.6 Å². The predicted molar refractivity (Wildman–Crippen MR) is 109 cm³/mol. The largest absolute Gasteiger partial charge is 0.357 e. The van der Waals surface area contributed by atoms with E-state index >= 15 is 0 Å². The van der Waals surface area contributed by atoms with Gasteiger partial charge in [0.15, 0.2) is 11.1 Å². The minimum absolute atomic E-state index is 0.144. The van der Waals surface area contributed by atoms with Crippen molar-refractivity contribution < 1.29 is 8.42 Å². The SMILES string of the molecule is CCNC(=NCc1csc(N(C)C)n1)NCCNS(=O)(=O)c1cccnc1. The lowest BCUT2D eigenvalue weighted by Crippen LogP contribution is -2.41. The molecule has 0 aliphatic heterocycles. The number of aliphatic imine (C=N–C) groups is 1. The molecule has 2 aromatic heterocycles. The average Bonchev–Trinajstić information content (AvgIpc) is 3.13. The summed E-state index contributed by atoms with van der Waals surface area (Å²) in [6.07, 6.45) is 2.85. The Balaban J connectivity index is 1.85. The van der Waals surface area contributed by atoms with Crippen molar-refractivity contribution in [1.29, 1.82) is 0 Å². The minimum Gasteiger partial charge on any atom is -0.357 e. The fraction of sp³-hybridized carbons (Fsp3) is 0.438. The van der Waals surface area contributed by atoms with E-state index in [-0.39, 0.29) is 11.4 Å². The molecule has 0 amide bonds. The topological polar surface area (TPSA) is 112 Å². The van der Waals surface area contributed by atoms with E-state index in [4.69, 9.17) is 0 Å². The second kappa shape index (κ2) is 10.2. The molecule has 0 saturated heterocycles. The van der Waals surface area contributed by atoms with Gasteiger partial charge < -0.3 is 15.5 Å². The molecule has 0 aliphatic rings. The first-order valence-electron chi connectivity index (χ1n) is 8.46. The Bertz CT molecular complexity index is 835. The highest BCUT2D eigenvalue weighted by Crippen LogP contribution is 2.18. The number of thiazole rings is 1. The highest BCUT2D eigenvalue weighted by Gasteiger charge is 2.12. The quantitative estimate of drug-likeness (QED) is 0.315. The number of pyridine rings is 1. The van der Waals surface area contributed by atoms with Gasteiger partial charge in [-0.3, -0.25) is 4.98 Å². The number of guanidine groups is 1. The molecule has 0 unspecified atom stereocenters. The van der Waals surface area contributed by atoms with Crippen LogP contribution in [0.1, 0.15) is 12.6 Å². The standard InChI is InChI=1S/C16H25N7O2S2/c1-4-18-15(20-10-13-12-26-16(22-13)23(2)3)19-8-9-21-27(24,25)14-6-5-7-17-11-14/h5-7,11-12,21H,4,8-10H2,1-3H3,(H2,18,19,20). The molecule has 9 nitrogen and oxygen atoms in total. The summed E-state index contributed by atoms with van der Waals surface area (Å²) in [5, 5.41) is 9.14. The van der Waals surface area contributed by atoms with Crippen LogP contribution in [0.3, 0.4) is 0 Å². The van der Waals surface area contributed by atoms with Gasteiger partial charge in [0.25, 0.3) is 0 Å². The van der Waals surface area contributed by atoms with Crippen molar-refractivity contribution in [2.45, 2.75) is 18.4 Å². The third-order valence-corrected chi connectivity index (χ3v) is 5.82. The smallest absolute Gasteiger partial charge is 0.242 e. The molecule has 0 spiro atoms. The number of sulfonamides is 1. The van der Waals surface area contributed by atoms with Gasteiger partial charge in [-0.1, -0.05) is 0 Å². The van der Waals surface area contributed by atoms with E-state index in [1.165, 1.54) is 18.5 Å². The van der Waals surface area contributed by atoms with Gasteiger partial charge >= 0.3 is 0 Å². The fourth-order valence-corrected chi connectivity index (χ4v) is 3.78. The van der Waals surface area contributed by atoms with Crippen LogP contribution in [0.15, 0.2) is 39.8 Å². The third-order valence-electron chi connectivity index (χ3n) is 3.32. The zero-order chi connectivity index (χ0) is 19.7. The molecule has 2 aromatic rings. The number of nitrogens with one attached hydrogen (secondary N) is 3. The van der Waals surface area contributed by atoms with Crippen LogP contribution in [0.4, 0.5) is 5.13 Å². The highest BCUT2D eigenvalue weighted by molar-refractivity contribution is 7.89. The molecular weight excluding hydrogens is 386 g/mol. The maximum atomic E-state index is 12.1. The molecule has 0 aromatic carbocycles. The summed E-state index contributed by atoms with van der Waals surface area (Å²) in [5.74, 6) is 0.609. The van der Waals surface area contributed by atoms with Crippen molar-refractivity contribution in [3.8, 4) is 0 Å². The number of hydrogen-bond acceptors (Lipinski definition) is 7. The molecule has 0 atom stereocenters. The maximum Gasteiger partial charge on any atom is 0.242 e. The monoisotopic (exact) mass is 411 g/mol. The van der Waals surface area contributed by atoms with Gasteiger partial charge in [0, 0.05) is 51.5 Å². The molecule has 0 radical (unpaired) electrons. The molecule has 0 fully saturated rings. The number of anilines is 1. The van der Waals surface area contributed by atoms with Crippen LogP contribution in [0.25, 0.3) is 0 Å². The summed E-state index contributed by atoms with van der Waals surface area (Å²) in [7, 11) is 0.340. The van der Waals surface area contributed by atoms with Crippen molar-refractivity contribution in [2.24, 2.45) is 4.99 Å². The second-order valence-corrected chi connectivity index (χ2v) is 8.33. The van der Waals surface area contributed by atoms with E-state index in [2.05, 4.69) is 30.3 Å². The van der Waals surface area contributed by atoms with Gasteiger partial charge in [-0.25, -0.2) is 23.1 Å². The molecule has 0 aliphatic carbocycles. The van der Waals surface area contributed by atoms with Gasteiger partial charge in [-0.15, -0.1) is 11.3 Å². The van der Waals surface area contributed by atoms with Crippen molar-refractivity contribution in [2.75, 3.05) is 38.6 Å². The van der Waals surface area contributed by atoms with E-state index in [0.29, 0.717) is 25.6 Å². The van der Waals surface area contributed by atoms with Crippen LogP contribution in [-0.4, -0.2) is 58.1 Å². The first-order valence-corrected chi connectivity index (χ1v) is 10.8. The van der Waals surface area contributed by atoms with Gasteiger partial charge in [0.1, 0.15) is 4.90 Å². The van der Waals surface area contributed by atoms with Gasteiger partial charge in [-0.2, -0.15) is 0 Å². The Hall–Kier alpha value is -2.24. The van der Waals surface area contributed by atoms with Crippen LogP contribution in [0, 0.1) is 0 Å². The van der Waals surface area contributed by atoms with Gasteiger partial charge in [0.2, 0.25) is 10.0 Å². The molecular formula is C16H25N7O2S2. The molecule has 2 rings (SSSR count). The Kier molecular flexibility index (Phi) is 7.95. The Morgan fingerprint density at radius 2 is 2.11 bits per heavy atom. The highest BCUT2D eigenvalue weighted by atomic mass is 32.2.